The number of benzene rings is 2. The molecule has 2 rings (SSSR count). The van der Waals surface area contributed by atoms with Gasteiger partial charge >= 0.3 is 12.1 Å². The maximum atomic E-state index is 12.5. The highest BCUT2D eigenvalue weighted by atomic mass is 19.4. The van der Waals surface area contributed by atoms with Crippen molar-refractivity contribution in [1.82, 2.24) is 0 Å². The van der Waals surface area contributed by atoms with Crippen LogP contribution in [0.3, 0.4) is 0 Å². The van der Waals surface area contributed by atoms with Crippen LogP contribution in [-0.2, 0) is 17.5 Å². The van der Waals surface area contributed by atoms with Crippen LogP contribution in [0.25, 0.3) is 0 Å². The quantitative estimate of drug-likeness (QED) is 0.431. The standard InChI is InChI=1S/C17H15F3N2O5/c18-17(19,20)12-3-1-11(2-4-12)10-27-16(24)14-9-13(22(25)26)5-6-15(14)21-7-8-23/h1-6,9,21,23H,7-8,10H2. The van der Waals surface area contributed by atoms with E-state index in [1.807, 2.05) is 0 Å². The largest absolute Gasteiger partial charge is 0.457 e. The summed E-state index contributed by atoms with van der Waals surface area (Å²) in [6, 6.07) is 7.60. The van der Waals surface area contributed by atoms with Crippen molar-refractivity contribution in [2.24, 2.45) is 0 Å². The first-order valence-corrected chi connectivity index (χ1v) is 7.69. The minimum absolute atomic E-state index is 0.108. The Balaban J connectivity index is 2.14. The molecule has 0 amide bonds. The van der Waals surface area contributed by atoms with Gasteiger partial charge in [0, 0.05) is 24.4 Å². The molecule has 27 heavy (non-hydrogen) atoms. The van der Waals surface area contributed by atoms with Crippen LogP contribution in [-0.4, -0.2) is 29.2 Å². The normalized spacial score (nSPS) is 11.1. The van der Waals surface area contributed by atoms with Crippen molar-refractivity contribution in [2.45, 2.75) is 12.8 Å². The Labute approximate surface area is 151 Å². The van der Waals surface area contributed by atoms with Crippen LogP contribution in [0.4, 0.5) is 24.5 Å². The van der Waals surface area contributed by atoms with Gasteiger partial charge in [-0.15, -0.1) is 0 Å². The highest BCUT2D eigenvalue weighted by Gasteiger charge is 2.30. The Bertz CT molecular complexity index is 822. The van der Waals surface area contributed by atoms with E-state index in [1.165, 1.54) is 24.3 Å². The SMILES string of the molecule is O=C(OCc1ccc(C(F)(F)F)cc1)c1cc([N+](=O)[O-])ccc1NCCO. The number of hydrogen-bond acceptors (Lipinski definition) is 6. The van der Waals surface area contributed by atoms with Gasteiger partial charge in [-0.3, -0.25) is 10.1 Å². The second kappa shape index (κ2) is 8.49. The molecule has 2 N–H and O–H groups in total. The smallest absolute Gasteiger partial charge is 0.416 e. The molecule has 0 fully saturated rings. The molecule has 0 bridgehead atoms. The monoisotopic (exact) mass is 384 g/mol. The third-order valence-corrected chi connectivity index (χ3v) is 3.51. The molecule has 0 saturated heterocycles. The third kappa shape index (κ3) is 5.42. The van der Waals surface area contributed by atoms with E-state index >= 15 is 0 Å². The molecule has 0 unspecified atom stereocenters. The summed E-state index contributed by atoms with van der Waals surface area (Å²) < 4.78 is 42.7. The van der Waals surface area contributed by atoms with Gasteiger partial charge in [0.05, 0.1) is 22.7 Å². The minimum Gasteiger partial charge on any atom is -0.457 e. The predicted molar refractivity (Wildman–Crippen MR) is 89.2 cm³/mol. The minimum atomic E-state index is -4.47. The molecule has 0 saturated carbocycles. The van der Waals surface area contributed by atoms with Gasteiger partial charge < -0.3 is 15.2 Å². The molecular weight excluding hydrogens is 369 g/mol. The zero-order valence-electron chi connectivity index (χ0n) is 13.8. The predicted octanol–water partition coefficient (Wildman–Crippen LogP) is 3.37. The van der Waals surface area contributed by atoms with Gasteiger partial charge in [0.1, 0.15) is 6.61 Å². The van der Waals surface area contributed by atoms with Crippen molar-refractivity contribution < 1.29 is 32.7 Å². The third-order valence-electron chi connectivity index (χ3n) is 3.51. The Hall–Kier alpha value is -3.14. The molecule has 7 nitrogen and oxygen atoms in total. The maximum absolute atomic E-state index is 12.5. The number of ether oxygens (including phenoxy) is 1. The number of aliphatic hydroxyl groups is 1. The fourth-order valence-electron chi connectivity index (χ4n) is 2.18. The second-order valence-electron chi connectivity index (χ2n) is 5.41. The van der Waals surface area contributed by atoms with Crippen molar-refractivity contribution in [3.63, 3.8) is 0 Å². The van der Waals surface area contributed by atoms with Crippen LogP contribution in [0.2, 0.25) is 0 Å². The van der Waals surface area contributed by atoms with Crippen LogP contribution in [0.5, 0.6) is 0 Å². The molecular formula is C17H15F3N2O5. The lowest BCUT2D eigenvalue weighted by molar-refractivity contribution is -0.384. The molecule has 0 aliphatic carbocycles. The number of nitrogens with one attached hydrogen (secondary N) is 1. The summed E-state index contributed by atoms with van der Waals surface area (Å²) in [7, 11) is 0. The number of hydrogen-bond donors (Lipinski definition) is 2. The molecule has 0 radical (unpaired) electrons. The number of carbonyl (C=O) groups is 1. The van der Waals surface area contributed by atoms with Gasteiger partial charge in [-0.1, -0.05) is 12.1 Å². The summed E-state index contributed by atoms with van der Waals surface area (Å²) in [4.78, 5) is 22.5. The first-order valence-electron chi connectivity index (χ1n) is 7.69. The molecule has 0 heterocycles. The first-order chi connectivity index (χ1) is 12.7. The van der Waals surface area contributed by atoms with Gasteiger partial charge in [-0.2, -0.15) is 13.2 Å². The van der Waals surface area contributed by atoms with Crippen LogP contribution in [0.15, 0.2) is 42.5 Å². The molecule has 2 aromatic carbocycles. The van der Waals surface area contributed by atoms with Crippen LogP contribution < -0.4 is 5.32 Å². The molecule has 144 valence electrons. The first kappa shape index (κ1) is 20.2. The highest BCUT2D eigenvalue weighted by molar-refractivity contribution is 5.96. The number of halogens is 3. The number of nitrogens with zero attached hydrogens (tertiary/aromatic N) is 1. The average molecular weight is 384 g/mol. The molecule has 0 aliphatic heterocycles. The van der Waals surface area contributed by atoms with Crippen LogP contribution >= 0.6 is 0 Å². The van der Waals surface area contributed by atoms with E-state index in [1.54, 1.807) is 0 Å². The zero-order chi connectivity index (χ0) is 20.0. The maximum Gasteiger partial charge on any atom is 0.416 e. The topological polar surface area (TPSA) is 102 Å². The summed E-state index contributed by atoms with van der Waals surface area (Å²) >= 11 is 0. The number of non-ortho nitro benzene ring substituents is 1. The molecule has 0 spiro atoms. The molecule has 10 heteroatoms. The fraction of sp³-hybridized carbons (Fsp3) is 0.235. The number of carbonyl (C=O) groups excluding carboxylic acids is 1. The van der Waals surface area contributed by atoms with Crippen molar-refractivity contribution in [2.75, 3.05) is 18.5 Å². The van der Waals surface area contributed by atoms with E-state index in [2.05, 4.69) is 5.32 Å². The number of esters is 1. The van der Waals surface area contributed by atoms with Crippen LogP contribution in [0, 0.1) is 10.1 Å². The summed E-state index contributed by atoms with van der Waals surface area (Å²) in [5, 5.41) is 22.5. The second-order valence-corrected chi connectivity index (χ2v) is 5.41. The average Bonchev–Trinajstić information content (AvgIpc) is 2.63. The number of rotatable bonds is 7. The number of anilines is 1. The van der Waals surface area contributed by atoms with E-state index in [9.17, 15) is 28.1 Å². The lowest BCUT2D eigenvalue weighted by atomic mass is 10.1. The van der Waals surface area contributed by atoms with Gasteiger partial charge in [-0.25, -0.2) is 4.79 Å². The summed E-state index contributed by atoms with van der Waals surface area (Å²) in [6.45, 7) is -0.423. The van der Waals surface area contributed by atoms with Crippen molar-refractivity contribution in [1.29, 1.82) is 0 Å². The highest BCUT2D eigenvalue weighted by Crippen LogP contribution is 2.29. The Kier molecular flexibility index (Phi) is 6.35. The van der Waals surface area contributed by atoms with Crippen molar-refractivity contribution >= 4 is 17.3 Å². The summed E-state index contributed by atoms with van der Waals surface area (Å²) in [5.41, 5.74) is -0.721. The van der Waals surface area contributed by atoms with Crippen molar-refractivity contribution in [3.05, 3.63) is 69.3 Å². The number of alkyl halides is 3. The van der Waals surface area contributed by atoms with Gasteiger partial charge in [-0.05, 0) is 23.8 Å². The summed E-state index contributed by atoms with van der Waals surface area (Å²) in [5.74, 6) is -0.890. The van der Waals surface area contributed by atoms with Gasteiger partial charge in [0.25, 0.3) is 5.69 Å². The lowest BCUT2D eigenvalue weighted by Gasteiger charge is -2.12. The molecule has 0 atom stereocenters. The zero-order valence-corrected chi connectivity index (χ0v) is 13.8. The Morgan fingerprint density at radius 1 is 1.19 bits per heavy atom. The molecule has 0 aliphatic rings. The Morgan fingerprint density at radius 2 is 1.85 bits per heavy atom. The van der Waals surface area contributed by atoms with E-state index in [0.717, 1.165) is 18.2 Å². The van der Waals surface area contributed by atoms with E-state index in [0.29, 0.717) is 5.56 Å². The van der Waals surface area contributed by atoms with Gasteiger partial charge in [0.2, 0.25) is 0 Å². The number of nitro groups is 1. The fourth-order valence-corrected chi connectivity index (χ4v) is 2.18. The molecule has 2 aromatic rings. The molecule has 0 aromatic heterocycles. The lowest BCUT2D eigenvalue weighted by Crippen LogP contribution is -2.13. The van der Waals surface area contributed by atoms with E-state index < -0.39 is 22.6 Å². The number of aliphatic hydroxyl groups excluding tert-OH is 1. The van der Waals surface area contributed by atoms with Crippen molar-refractivity contribution in [3.8, 4) is 0 Å². The Morgan fingerprint density at radius 3 is 2.41 bits per heavy atom. The van der Waals surface area contributed by atoms with E-state index in [-0.39, 0.29) is 36.7 Å². The van der Waals surface area contributed by atoms with Crippen LogP contribution in [0.1, 0.15) is 21.5 Å². The van der Waals surface area contributed by atoms with E-state index in [4.69, 9.17) is 9.84 Å². The number of nitro benzene ring substituents is 1. The summed E-state index contributed by atoms with van der Waals surface area (Å²) in [6.07, 6.45) is -4.47. The van der Waals surface area contributed by atoms with Gasteiger partial charge in [0.15, 0.2) is 0 Å².